The van der Waals surface area contributed by atoms with Gasteiger partial charge in [-0.3, -0.25) is 9.78 Å². The summed E-state index contributed by atoms with van der Waals surface area (Å²) in [7, 11) is 3.34. The van der Waals surface area contributed by atoms with Gasteiger partial charge in [-0.25, -0.2) is 0 Å². The van der Waals surface area contributed by atoms with Gasteiger partial charge in [-0.15, -0.1) is 0 Å². The predicted octanol–water partition coefficient (Wildman–Crippen LogP) is 6.77. The van der Waals surface area contributed by atoms with Gasteiger partial charge in [-0.2, -0.15) is 0 Å². The molecule has 0 spiro atoms. The highest BCUT2D eigenvalue weighted by Crippen LogP contribution is 2.33. The average molecular weight is 507 g/mol. The number of aryl methyl sites for hydroxylation is 1. The van der Waals surface area contributed by atoms with Crippen LogP contribution in [0.3, 0.4) is 0 Å². The van der Waals surface area contributed by atoms with Crippen LogP contribution in [-0.2, 0) is 11.2 Å². The fourth-order valence-electron chi connectivity index (χ4n) is 4.48. The van der Waals surface area contributed by atoms with E-state index >= 15 is 0 Å². The Labute approximate surface area is 224 Å². The highest BCUT2D eigenvalue weighted by atomic mass is 16.5. The maximum atomic E-state index is 12.6. The molecule has 0 aliphatic rings. The quantitative estimate of drug-likeness (QED) is 0.180. The number of amides is 1. The normalized spacial score (nSPS) is 12.4. The van der Waals surface area contributed by atoms with Crippen molar-refractivity contribution < 1.29 is 14.3 Å². The van der Waals surface area contributed by atoms with E-state index in [-0.39, 0.29) is 11.9 Å². The van der Waals surface area contributed by atoms with Crippen molar-refractivity contribution in [3.63, 3.8) is 0 Å². The molecule has 4 aromatic rings. The number of nitrogens with zero attached hydrogens (tertiary/aromatic N) is 1. The lowest BCUT2D eigenvalue weighted by Crippen LogP contribution is -2.31. The van der Waals surface area contributed by atoms with Gasteiger partial charge in [0.1, 0.15) is 11.5 Å². The number of fused-ring (bicyclic) bond motifs is 1. The van der Waals surface area contributed by atoms with E-state index in [1.807, 2.05) is 67.7 Å². The second kappa shape index (κ2) is 13.2. The van der Waals surface area contributed by atoms with E-state index in [0.29, 0.717) is 0 Å². The molecule has 1 N–H and O–H groups in total. The Morgan fingerprint density at radius 3 is 2.53 bits per heavy atom. The first-order valence-corrected chi connectivity index (χ1v) is 12.9. The number of hydrogen-bond acceptors (Lipinski definition) is 4. The minimum Gasteiger partial charge on any atom is -0.497 e. The zero-order valence-corrected chi connectivity index (χ0v) is 22.2. The topological polar surface area (TPSA) is 60.5 Å². The van der Waals surface area contributed by atoms with Gasteiger partial charge < -0.3 is 14.8 Å². The van der Waals surface area contributed by atoms with Crippen molar-refractivity contribution in [3.8, 4) is 11.5 Å². The van der Waals surface area contributed by atoms with Crippen LogP contribution in [0.15, 0.2) is 103 Å². The second-order valence-electron chi connectivity index (χ2n) is 9.23. The van der Waals surface area contributed by atoms with Crippen LogP contribution in [0.1, 0.15) is 36.5 Å². The minimum absolute atomic E-state index is 0.0820. The Kier molecular flexibility index (Phi) is 9.30. The number of allylic oxidation sites excluding steroid dienone is 2. The number of nitrogens with one attached hydrogen (secondary N) is 1. The fraction of sp³-hybridized carbons (Fsp3) is 0.212. The number of methoxy groups -OCH3 is 2. The molecule has 1 amide bonds. The van der Waals surface area contributed by atoms with Crippen molar-refractivity contribution in [2.75, 3.05) is 14.2 Å². The number of ether oxygens (including phenoxy) is 2. The Hall–Kier alpha value is -4.38. The predicted molar refractivity (Wildman–Crippen MR) is 154 cm³/mol. The highest BCUT2D eigenvalue weighted by molar-refractivity contribution is 5.94. The Balaban J connectivity index is 1.51. The maximum Gasteiger partial charge on any atom is 0.244 e. The lowest BCUT2D eigenvalue weighted by Gasteiger charge is -2.13. The molecule has 0 radical (unpaired) electrons. The molecule has 0 aliphatic heterocycles. The first-order valence-electron chi connectivity index (χ1n) is 12.9. The molecule has 194 valence electrons. The molecule has 1 heterocycles. The molecule has 1 atom stereocenters. The van der Waals surface area contributed by atoms with Crippen LogP contribution in [0, 0.1) is 0 Å². The molecule has 38 heavy (non-hydrogen) atoms. The van der Waals surface area contributed by atoms with Crippen LogP contribution in [0.25, 0.3) is 16.3 Å². The molecule has 0 aliphatic carbocycles. The summed E-state index contributed by atoms with van der Waals surface area (Å²) in [6.45, 7) is 2.04. The van der Waals surface area contributed by atoms with Crippen molar-refractivity contribution in [2.24, 2.45) is 0 Å². The van der Waals surface area contributed by atoms with Crippen LogP contribution in [-0.4, -0.2) is 31.2 Å². The highest BCUT2D eigenvalue weighted by Gasteiger charge is 2.11. The molecule has 0 fully saturated rings. The van der Waals surface area contributed by atoms with Gasteiger partial charge >= 0.3 is 0 Å². The van der Waals surface area contributed by atoms with E-state index in [2.05, 4.69) is 34.6 Å². The summed E-state index contributed by atoms with van der Waals surface area (Å²) in [6.07, 6.45) is 11.9. The number of benzene rings is 3. The zero-order chi connectivity index (χ0) is 26.7. The van der Waals surface area contributed by atoms with E-state index in [4.69, 9.17) is 9.47 Å². The van der Waals surface area contributed by atoms with Crippen LogP contribution < -0.4 is 14.8 Å². The van der Waals surface area contributed by atoms with Gasteiger partial charge in [0.05, 0.1) is 14.2 Å². The van der Waals surface area contributed by atoms with Gasteiger partial charge in [0.15, 0.2) is 0 Å². The van der Waals surface area contributed by atoms with Crippen LogP contribution in [0.5, 0.6) is 11.5 Å². The largest absolute Gasteiger partial charge is 0.497 e. The Bertz CT molecular complexity index is 1410. The lowest BCUT2D eigenvalue weighted by molar-refractivity contribution is -0.117. The van der Waals surface area contributed by atoms with Gasteiger partial charge in [-0.1, -0.05) is 54.6 Å². The molecule has 0 bridgehead atoms. The van der Waals surface area contributed by atoms with E-state index in [9.17, 15) is 4.79 Å². The average Bonchev–Trinajstić information content (AvgIpc) is 2.95. The van der Waals surface area contributed by atoms with Crippen LogP contribution in [0.2, 0.25) is 0 Å². The van der Waals surface area contributed by atoms with Crippen LogP contribution in [0.4, 0.5) is 0 Å². The molecule has 1 aromatic heterocycles. The number of carbonyl (C=O) groups is 1. The lowest BCUT2D eigenvalue weighted by atomic mass is 9.94. The molecule has 3 aromatic carbocycles. The summed E-state index contributed by atoms with van der Waals surface area (Å²) >= 11 is 0. The first kappa shape index (κ1) is 26.7. The van der Waals surface area contributed by atoms with Crippen molar-refractivity contribution in [1.29, 1.82) is 0 Å². The molecule has 4 rings (SSSR count). The molecular formula is C33H34N2O3. The molecule has 0 saturated heterocycles. The summed E-state index contributed by atoms with van der Waals surface area (Å²) in [5.41, 5.74) is 4.20. The van der Waals surface area contributed by atoms with E-state index in [0.717, 1.165) is 58.2 Å². The number of carbonyl (C=O) groups excluding carboxylic acids is 1. The molecule has 5 heteroatoms. The van der Waals surface area contributed by atoms with Gasteiger partial charge in [0.25, 0.3) is 0 Å². The van der Waals surface area contributed by atoms with Crippen molar-refractivity contribution in [3.05, 3.63) is 120 Å². The van der Waals surface area contributed by atoms with Crippen molar-refractivity contribution in [1.82, 2.24) is 10.3 Å². The Morgan fingerprint density at radius 1 is 0.974 bits per heavy atom. The SMILES string of the molecule is COc1ccc(C(=CC=CC(=O)N[C@H](C)CCCc2cccnc2)c2cc(OC)c3ccccc3c2)cc1. The number of hydrogen-bond donors (Lipinski definition) is 1. The fourth-order valence-corrected chi connectivity index (χ4v) is 4.48. The number of pyridine rings is 1. The first-order chi connectivity index (χ1) is 18.6. The summed E-state index contributed by atoms with van der Waals surface area (Å²) in [4.78, 5) is 16.8. The van der Waals surface area contributed by atoms with E-state index in [1.54, 1.807) is 32.6 Å². The van der Waals surface area contributed by atoms with Crippen molar-refractivity contribution in [2.45, 2.75) is 32.2 Å². The number of aromatic nitrogens is 1. The third-order valence-electron chi connectivity index (χ3n) is 6.48. The summed E-state index contributed by atoms with van der Waals surface area (Å²) in [6, 6.07) is 24.4. The third kappa shape index (κ3) is 7.10. The monoisotopic (exact) mass is 506 g/mol. The molecular weight excluding hydrogens is 472 g/mol. The maximum absolute atomic E-state index is 12.6. The van der Waals surface area contributed by atoms with Crippen molar-refractivity contribution >= 4 is 22.3 Å². The van der Waals surface area contributed by atoms with Gasteiger partial charge in [0.2, 0.25) is 5.91 Å². The minimum atomic E-state index is -0.111. The summed E-state index contributed by atoms with van der Waals surface area (Å²) in [5.74, 6) is 1.48. The van der Waals surface area contributed by atoms with Crippen LogP contribution >= 0.6 is 0 Å². The third-order valence-corrected chi connectivity index (χ3v) is 6.48. The smallest absolute Gasteiger partial charge is 0.244 e. The van der Waals surface area contributed by atoms with Gasteiger partial charge in [0, 0.05) is 29.9 Å². The van der Waals surface area contributed by atoms with Gasteiger partial charge in [-0.05, 0) is 84.2 Å². The zero-order valence-electron chi connectivity index (χ0n) is 22.2. The van der Waals surface area contributed by atoms with E-state index < -0.39 is 0 Å². The molecule has 0 unspecified atom stereocenters. The number of rotatable bonds is 11. The second-order valence-corrected chi connectivity index (χ2v) is 9.23. The summed E-state index contributed by atoms with van der Waals surface area (Å²) in [5, 5.41) is 5.21. The summed E-state index contributed by atoms with van der Waals surface area (Å²) < 4.78 is 11.0. The van der Waals surface area contributed by atoms with E-state index in [1.165, 1.54) is 5.56 Å². The molecule has 0 saturated carbocycles. The molecule has 5 nitrogen and oxygen atoms in total. The Morgan fingerprint density at radius 2 is 1.79 bits per heavy atom. The standard InChI is InChI=1S/C33H34N2O3/c1-24(9-6-10-25-11-8-20-34-23-25)35-33(36)15-7-14-30(26-16-18-29(37-2)19-17-26)28-21-27-12-4-5-13-31(27)32(22-28)38-3/h4-5,7-8,11-24H,6,9-10H2,1-3H3,(H,35,36)/t24-/m1/s1.